The van der Waals surface area contributed by atoms with Crippen LogP contribution in [0.5, 0.6) is 11.5 Å². The first-order valence-electron chi connectivity index (χ1n) is 9.05. The van der Waals surface area contributed by atoms with Gasteiger partial charge in [-0.05, 0) is 56.3 Å². The summed E-state index contributed by atoms with van der Waals surface area (Å²) in [5, 5.41) is 0. The lowest BCUT2D eigenvalue weighted by Crippen LogP contribution is -2.55. The lowest BCUT2D eigenvalue weighted by Gasteiger charge is -2.43. The van der Waals surface area contributed by atoms with Gasteiger partial charge in [-0.25, -0.2) is 0 Å². The largest absolute Gasteiger partial charge is 0.454 e. The summed E-state index contributed by atoms with van der Waals surface area (Å²) in [7, 11) is 0. The van der Waals surface area contributed by atoms with Gasteiger partial charge in [-0.2, -0.15) is 0 Å². The van der Waals surface area contributed by atoms with Gasteiger partial charge in [-0.3, -0.25) is 9.80 Å². The Balaban J connectivity index is 1.35. The Morgan fingerprint density at radius 2 is 2.09 bits per heavy atom. The summed E-state index contributed by atoms with van der Waals surface area (Å²) in [6, 6.07) is 7.87. The summed E-state index contributed by atoms with van der Waals surface area (Å²) in [4.78, 5) is 5.41. The third-order valence-corrected chi connectivity index (χ3v) is 5.63. The van der Waals surface area contributed by atoms with Gasteiger partial charge in [0.2, 0.25) is 6.79 Å². The number of ether oxygens (including phenoxy) is 2. The summed E-state index contributed by atoms with van der Waals surface area (Å²) in [6.07, 6.45) is 3.88. The Morgan fingerprint density at radius 1 is 1.22 bits per heavy atom. The van der Waals surface area contributed by atoms with Gasteiger partial charge in [-0.1, -0.05) is 13.0 Å². The van der Waals surface area contributed by atoms with E-state index in [1.165, 1.54) is 44.6 Å². The predicted molar refractivity (Wildman–Crippen MR) is 91.1 cm³/mol. The number of benzene rings is 1. The fourth-order valence-corrected chi connectivity index (χ4v) is 4.44. The molecule has 0 aliphatic carbocycles. The second-order valence-corrected chi connectivity index (χ2v) is 7.59. The zero-order valence-corrected chi connectivity index (χ0v) is 14.3. The topological polar surface area (TPSA) is 24.9 Å². The van der Waals surface area contributed by atoms with Gasteiger partial charge in [0, 0.05) is 31.7 Å². The lowest BCUT2D eigenvalue weighted by atomic mass is 9.98. The molecule has 0 unspecified atom stereocenters. The minimum absolute atomic E-state index is 0.359. The number of hydrogen-bond acceptors (Lipinski definition) is 4. The van der Waals surface area contributed by atoms with Crippen molar-refractivity contribution in [2.45, 2.75) is 45.2 Å². The molecule has 4 heteroatoms. The molecule has 2 fully saturated rings. The highest BCUT2D eigenvalue weighted by molar-refractivity contribution is 5.44. The molecule has 3 heterocycles. The van der Waals surface area contributed by atoms with E-state index >= 15 is 0 Å². The number of hydrogen-bond donors (Lipinski definition) is 0. The van der Waals surface area contributed by atoms with E-state index < -0.39 is 0 Å². The maximum atomic E-state index is 5.50. The van der Waals surface area contributed by atoms with Crippen LogP contribution in [0.2, 0.25) is 0 Å². The van der Waals surface area contributed by atoms with Crippen LogP contribution in [0.1, 0.15) is 32.3 Å². The summed E-state index contributed by atoms with van der Waals surface area (Å²) in [5.74, 6) is 2.45. The number of nitrogens with zero attached hydrogens (tertiary/aromatic N) is 2. The van der Waals surface area contributed by atoms with E-state index in [0.29, 0.717) is 18.8 Å². The Morgan fingerprint density at radius 3 is 3.00 bits per heavy atom. The second kappa shape index (κ2) is 6.33. The van der Waals surface area contributed by atoms with Crippen molar-refractivity contribution >= 4 is 0 Å². The van der Waals surface area contributed by atoms with E-state index in [2.05, 4.69) is 35.8 Å². The highest BCUT2D eigenvalue weighted by atomic mass is 16.7. The third-order valence-electron chi connectivity index (χ3n) is 5.63. The molecule has 0 bridgehead atoms. The van der Waals surface area contributed by atoms with E-state index in [1.807, 2.05) is 6.07 Å². The van der Waals surface area contributed by atoms with Crippen molar-refractivity contribution in [3.63, 3.8) is 0 Å². The van der Waals surface area contributed by atoms with Crippen LogP contribution in [0, 0.1) is 5.92 Å². The number of fused-ring (bicyclic) bond motifs is 2. The lowest BCUT2D eigenvalue weighted by molar-refractivity contribution is 0.0499. The normalized spacial score (nSPS) is 28.8. The van der Waals surface area contributed by atoms with Crippen LogP contribution in [0.4, 0.5) is 0 Å². The van der Waals surface area contributed by atoms with Crippen LogP contribution in [0.25, 0.3) is 0 Å². The van der Waals surface area contributed by atoms with Crippen molar-refractivity contribution in [3.05, 3.63) is 23.8 Å². The van der Waals surface area contributed by atoms with Gasteiger partial charge in [-0.15, -0.1) is 0 Å². The molecule has 0 aromatic heterocycles. The fourth-order valence-electron chi connectivity index (χ4n) is 4.44. The van der Waals surface area contributed by atoms with Crippen molar-refractivity contribution in [2.75, 3.05) is 33.0 Å². The monoisotopic (exact) mass is 316 g/mol. The van der Waals surface area contributed by atoms with Gasteiger partial charge in [0.15, 0.2) is 11.5 Å². The Bertz CT molecular complexity index is 562. The maximum absolute atomic E-state index is 5.50. The first-order valence-corrected chi connectivity index (χ1v) is 9.05. The van der Waals surface area contributed by atoms with E-state index in [9.17, 15) is 0 Å². The Kier molecular flexibility index (Phi) is 4.20. The molecule has 126 valence electrons. The smallest absolute Gasteiger partial charge is 0.231 e. The highest BCUT2D eigenvalue weighted by Crippen LogP contribution is 2.33. The highest BCUT2D eigenvalue weighted by Gasteiger charge is 2.34. The van der Waals surface area contributed by atoms with E-state index in [0.717, 1.165) is 24.0 Å². The molecule has 0 radical (unpaired) electrons. The van der Waals surface area contributed by atoms with Crippen molar-refractivity contribution in [2.24, 2.45) is 5.92 Å². The molecule has 4 rings (SSSR count). The molecule has 0 amide bonds. The number of rotatable bonds is 4. The first-order chi connectivity index (χ1) is 11.2. The maximum Gasteiger partial charge on any atom is 0.231 e. The van der Waals surface area contributed by atoms with Crippen LogP contribution < -0.4 is 9.47 Å². The van der Waals surface area contributed by atoms with Gasteiger partial charge in [0.25, 0.3) is 0 Å². The van der Waals surface area contributed by atoms with E-state index in [-0.39, 0.29) is 0 Å². The van der Waals surface area contributed by atoms with Gasteiger partial charge < -0.3 is 9.47 Å². The predicted octanol–water partition coefficient (Wildman–Crippen LogP) is 2.76. The Labute approximate surface area is 139 Å². The molecule has 3 atom stereocenters. The van der Waals surface area contributed by atoms with Gasteiger partial charge in [0.05, 0.1) is 0 Å². The second-order valence-electron chi connectivity index (χ2n) is 7.59. The SMILES string of the molecule is C[C@@H](Cc1ccc2c(c1)OCO2)CN1C[C@@H]2CCCN2C[C@H]1C. The molecular formula is C19H28N2O2. The van der Waals surface area contributed by atoms with Gasteiger partial charge in [0.1, 0.15) is 0 Å². The number of piperazine rings is 1. The van der Waals surface area contributed by atoms with E-state index in [4.69, 9.17) is 9.47 Å². The molecule has 4 nitrogen and oxygen atoms in total. The average Bonchev–Trinajstić information content (AvgIpc) is 3.15. The van der Waals surface area contributed by atoms with Crippen LogP contribution in [0.3, 0.4) is 0 Å². The van der Waals surface area contributed by atoms with Crippen LogP contribution in [-0.4, -0.2) is 54.9 Å². The summed E-state index contributed by atoms with van der Waals surface area (Å²) < 4.78 is 10.9. The molecule has 3 aliphatic heterocycles. The fraction of sp³-hybridized carbons (Fsp3) is 0.684. The molecule has 1 aromatic rings. The summed E-state index contributed by atoms with van der Waals surface area (Å²) in [5.41, 5.74) is 1.36. The molecule has 23 heavy (non-hydrogen) atoms. The average molecular weight is 316 g/mol. The summed E-state index contributed by atoms with van der Waals surface area (Å²) >= 11 is 0. The standard InChI is InChI=1S/C19H28N2O2/c1-14(8-16-5-6-18-19(9-16)23-13-22-18)10-21-12-17-4-3-7-20(17)11-15(21)2/h5-6,9,14-15,17H,3-4,7-8,10-13H2,1-2H3/t14-,15+,17-/m0/s1. The van der Waals surface area contributed by atoms with Crippen LogP contribution in [-0.2, 0) is 6.42 Å². The third kappa shape index (κ3) is 3.20. The Hall–Kier alpha value is -1.26. The van der Waals surface area contributed by atoms with Crippen LogP contribution >= 0.6 is 0 Å². The molecule has 1 aromatic carbocycles. The summed E-state index contributed by atoms with van der Waals surface area (Å²) in [6.45, 7) is 10.1. The molecular weight excluding hydrogens is 288 g/mol. The zero-order chi connectivity index (χ0) is 15.8. The molecule has 3 aliphatic rings. The van der Waals surface area contributed by atoms with Gasteiger partial charge >= 0.3 is 0 Å². The zero-order valence-electron chi connectivity index (χ0n) is 14.3. The van der Waals surface area contributed by atoms with Crippen molar-refractivity contribution in [1.82, 2.24) is 9.80 Å². The minimum Gasteiger partial charge on any atom is -0.454 e. The van der Waals surface area contributed by atoms with Crippen molar-refractivity contribution in [3.8, 4) is 11.5 Å². The van der Waals surface area contributed by atoms with E-state index in [1.54, 1.807) is 0 Å². The molecule has 0 saturated carbocycles. The minimum atomic E-state index is 0.359. The van der Waals surface area contributed by atoms with Crippen molar-refractivity contribution < 1.29 is 9.47 Å². The molecule has 0 N–H and O–H groups in total. The molecule has 0 spiro atoms. The first kappa shape index (κ1) is 15.3. The molecule has 2 saturated heterocycles. The quantitative estimate of drug-likeness (QED) is 0.853. The van der Waals surface area contributed by atoms with Crippen molar-refractivity contribution in [1.29, 1.82) is 0 Å². The van der Waals surface area contributed by atoms with Crippen LogP contribution in [0.15, 0.2) is 18.2 Å².